The lowest BCUT2D eigenvalue weighted by molar-refractivity contribution is -0.141. The molecule has 6 atom stereocenters. The fourth-order valence-electron chi connectivity index (χ4n) is 3.97. The lowest BCUT2D eigenvalue weighted by Gasteiger charge is -2.16. The van der Waals surface area contributed by atoms with E-state index in [4.69, 9.17) is 9.84 Å². The Balaban J connectivity index is 1.97. The molecule has 0 bridgehead atoms. The first-order chi connectivity index (χ1) is 13.3. The van der Waals surface area contributed by atoms with E-state index < -0.39 is 30.6 Å². The van der Waals surface area contributed by atoms with Crippen molar-refractivity contribution in [3.05, 3.63) is 11.4 Å². The summed E-state index contributed by atoms with van der Waals surface area (Å²) in [7, 11) is 0. The van der Waals surface area contributed by atoms with Gasteiger partial charge in [0.2, 0.25) is 0 Å². The van der Waals surface area contributed by atoms with Crippen LogP contribution in [0.5, 0.6) is 0 Å². The van der Waals surface area contributed by atoms with Crippen LogP contribution in [0, 0.1) is 47.4 Å². The number of halogens is 1. The number of aliphatic hydroxyl groups is 2. The maximum atomic E-state index is 14.3. The second-order valence-electron chi connectivity index (χ2n) is 7.68. The highest BCUT2D eigenvalue weighted by atomic mass is 19.1. The summed E-state index contributed by atoms with van der Waals surface area (Å²) in [5.41, 5.74) is 0.628. The quantitative estimate of drug-likeness (QED) is 0.605. The third-order valence-electron chi connectivity index (χ3n) is 5.52. The van der Waals surface area contributed by atoms with Crippen LogP contribution in [0.3, 0.4) is 0 Å². The minimum absolute atomic E-state index is 0.0464. The minimum atomic E-state index is -1.13. The zero-order valence-corrected chi connectivity index (χ0v) is 16.4. The molecule has 0 unspecified atom stereocenters. The zero-order valence-electron chi connectivity index (χ0n) is 16.4. The standard InChI is InChI=1S/C22H29FO5/c1-3-4-5-6-14(2)20(24)8-7-17-18-10-16(9-15(18)11-21(17)25)19(23)12-28-13-22(26)27/h14-15,17-18,20-21,24-25H,3,6,9-13H2,1-2H3,(H,26,27)/t14-,15-,17+,18-,20+,21+/m0/s1. The number of rotatable bonds is 6. The molecule has 0 spiro atoms. The minimum Gasteiger partial charge on any atom is -0.480 e. The van der Waals surface area contributed by atoms with Crippen LogP contribution in [-0.4, -0.2) is 46.7 Å². The number of carboxylic acid groups (broad SMARTS) is 1. The van der Waals surface area contributed by atoms with E-state index >= 15 is 0 Å². The molecule has 5 nitrogen and oxygen atoms in total. The molecule has 3 N–H and O–H groups in total. The third-order valence-corrected chi connectivity index (χ3v) is 5.52. The molecule has 154 valence electrons. The van der Waals surface area contributed by atoms with Crippen molar-refractivity contribution in [2.45, 2.75) is 58.2 Å². The van der Waals surface area contributed by atoms with Crippen LogP contribution in [0.4, 0.5) is 4.39 Å². The van der Waals surface area contributed by atoms with Gasteiger partial charge in [0.1, 0.15) is 18.5 Å². The van der Waals surface area contributed by atoms with Gasteiger partial charge >= 0.3 is 5.97 Å². The number of aliphatic hydroxyl groups excluding tert-OH is 2. The number of ether oxygens (including phenoxy) is 1. The van der Waals surface area contributed by atoms with E-state index in [0.29, 0.717) is 31.3 Å². The van der Waals surface area contributed by atoms with E-state index in [-0.39, 0.29) is 30.3 Å². The molecule has 6 heteroatoms. The molecular weight excluding hydrogens is 363 g/mol. The summed E-state index contributed by atoms with van der Waals surface area (Å²) in [5.74, 6) is 10.2. The molecule has 2 rings (SSSR count). The van der Waals surface area contributed by atoms with Gasteiger partial charge in [0.05, 0.1) is 12.7 Å². The fourth-order valence-corrected chi connectivity index (χ4v) is 3.97. The van der Waals surface area contributed by atoms with E-state index in [2.05, 4.69) is 23.7 Å². The van der Waals surface area contributed by atoms with Gasteiger partial charge in [0.25, 0.3) is 0 Å². The number of carboxylic acids is 1. The highest BCUT2D eigenvalue weighted by molar-refractivity contribution is 5.68. The highest BCUT2D eigenvalue weighted by Crippen LogP contribution is 2.50. The molecule has 0 aromatic carbocycles. The second-order valence-corrected chi connectivity index (χ2v) is 7.68. The lowest BCUT2D eigenvalue weighted by Crippen LogP contribution is -2.20. The summed E-state index contributed by atoms with van der Waals surface area (Å²) >= 11 is 0. The Morgan fingerprint density at radius 1 is 1.32 bits per heavy atom. The van der Waals surface area contributed by atoms with Crippen LogP contribution in [-0.2, 0) is 9.53 Å². The van der Waals surface area contributed by atoms with Crippen molar-refractivity contribution in [1.29, 1.82) is 0 Å². The maximum Gasteiger partial charge on any atom is 0.329 e. The first kappa shape index (κ1) is 22.4. The Kier molecular flexibility index (Phi) is 8.51. The van der Waals surface area contributed by atoms with Gasteiger partial charge in [-0.25, -0.2) is 9.18 Å². The van der Waals surface area contributed by atoms with Gasteiger partial charge in [-0.2, -0.15) is 0 Å². The average molecular weight is 392 g/mol. The third kappa shape index (κ3) is 6.07. The molecule has 0 aliphatic heterocycles. The molecule has 28 heavy (non-hydrogen) atoms. The Labute approximate surface area is 166 Å². The van der Waals surface area contributed by atoms with Crippen molar-refractivity contribution in [3.8, 4) is 23.7 Å². The average Bonchev–Trinajstić information content (AvgIpc) is 3.16. The molecule has 2 fully saturated rings. The molecule has 2 aliphatic rings. The van der Waals surface area contributed by atoms with Crippen molar-refractivity contribution < 1.29 is 29.2 Å². The van der Waals surface area contributed by atoms with E-state index in [1.54, 1.807) is 0 Å². The first-order valence-electron chi connectivity index (χ1n) is 9.82. The van der Waals surface area contributed by atoms with E-state index in [1.807, 2.05) is 13.8 Å². The van der Waals surface area contributed by atoms with Crippen molar-refractivity contribution >= 4 is 5.97 Å². The Morgan fingerprint density at radius 3 is 2.75 bits per heavy atom. The second kappa shape index (κ2) is 10.6. The SMILES string of the molecule is CCC#CC[C@H](C)[C@H](O)C#C[C@@H]1[C@H]2CC(=C(F)COCC(=O)O)C[C@H]2C[C@H]1O. The Hall–Kier alpha value is -1.86. The van der Waals surface area contributed by atoms with E-state index in [9.17, 15) is 19.4 Å². The first-order valence-corrected chi connectivity index (χ1v) is 9.82. The molecule has 2 aliphatic carbocycles. The highest BCUT2D eigenvalue weighted by Gasteiger charge is 2.46. The summed E-state index contributed by atoms with van der Waals surface area (Å²) < 4.78 is 19.1. The normalized spacial score (nSPS) is 29.8. The summed E-state index contributed by atoms with van der Waals surface area (Å²) in [5, 5.41) is 29.1. The Morgan fingerprint density at radius 2 is 2.07 bits per heavy atom. The lowest BCUT2D eigenvalue weighted by atomic mass is 9.91. The van der Waals surface area contributed by atoms with Gasteiger partial charge < -0.3 is 20.1 Å². The molecule has 0 saturated heterocycles. The number of carbonyl (C=O) groups is 1. The predicted molar refractivity (Wildman–Crippen MR) is 103 cm³/mol. The van der Waals surface area contributed by atoms with E-state index in [0.717, 1.165) is 6.42 Å². The molecule has 0 aromatic heterocycles. The zero-order chi connectivity index (χ0) is 20.7. The van der Waals surface area contributed by atoms with Crippen LogP contribution >= 0.6 is 0 Å². The molecular formula is C22H29FO5. The van der Waals surface area contributed by atoms with Gasteiger partial charge in [0.15, 0.2) is 0 Å². The smallest absolute Gasteiger partial charge is 0.329 e. The number of hydrogen-bond donors (Lipinski definition) is 3. The van der Waals surface area contributed by atoms with Crippen LogP contribution in [0.2, 0.25) is 0 Å². The topological polar surface area (TPSA) is 87.0 Å². The van der Waals surface area contributed by atoms with Crippen molar-refractivity contribution in [2.75, 3.05) is 13.2 Å². The maximum absolute atomic E-state index is 14.3. The fraction of sp³-hybridized carbons (Fsp3) is 0.682. The van der Waals surface area contributed by atoms with Gasteiger partial charge in [-0.1, -0.05) is 25.7 Å². The molecule has 0 heterocycles. The number of hydrogen-bond acceptors (Lipinski definition) is 4. The van der Waals surface area contributed by atoms with Crippen LogP contribution in [0.15, 0.2) is 11.4 Å². The molecule has 0 aromatic rings. The van der Waals surface area contributed by atoms with Crippen LogP contribution < -0.4 is 0 Å². The van der Waals surface area contributed by atoms with Crippen molar-refractivity contribution in [3.63, 3.8) is 0 Å². The van der Waals surface area contributed by atoms with Crippen molar-refractivity contribution in [2.24, 2.45) is 23.7 Å². The van der Waals surface area contributed by atoms with Crippen LogP contribution in [0.1, 0.15) is 46.0 Å². The summed E-state index contributed by atoms with van der Waals surface area (Å²) in [6.07, 6.45) is 1.54. The largest absolute Gasteiger partial charge is 0.480 e. The summed E-state index contributed by atoms with van der Waals surface area (Å²) in [4.78, 5) is 10.5. The molecule has 2 saturated carbocycles. The number of aliphatic carboxylic acids is 1. The number of fused-ring (bicyclic) bond motifs is 1. The van der Waals surface area contributed by atoms with Crippen LogP contribution in [0.25, 0.3) is 0 Å². The van der Waals surface area contributed by atoms with Gasteiger partial charge in [-0.05, 0) is 36.7 Å². The molecule has 0 radical (unpaired) electrons. The summed E-state index contributed by atoms with van der Waals surface area (Å²) in [6, 6.07) is 0. The predicted octanol–water partition coefficient (Wildman–Crippen LogP) is 2.52. The van der Waals surface area contributed by atoms with Gasteiger partial charge in [0, 0.05) is 24.7 Å². The van der Waals surface area contributed by atoms with Gasteiger partial charge in [-0.15, -0.1) is 11.8 Å². The van der Waals surface area contributed by atoms with Gasteiger partial charge in [-0.3, -0.25) is 0 Å². The molecule has 0 amide bonds. The summed E-state index contributed by atoms with van der Waals surface area (Å²) in [6.45, 7) is 2.99. The number of allylic oxidation sites excluding steroid dienone is 1. The monoisotopic (exact) mass is 392 g/mol. The van der Waals surface area contributed by atoms with E-state index in [1.165, 1.54) is 0 Å². The Bertz CT molecular complexity index is 708. The van der Waals surface area contributed by atoms with Crippen molar-refractivity contribution in [1.82, 2.24) is 0 Å².